The van der Waals surface area contributed by atoms with E-state index < -0.39 is 21.0 Å². The normalized spacial score (nSPS) is 11.3. The molecule has 0 atom stereocenters. The Morgan fingerprint density at radius 1 is 1.05 bits per heavy atom. The largest absolute Gasteiger partial charge is 0.508 e. The molecule has 0 heterocycles. The first-order chi connectivity index (χ1) is 9.08. The van der Waals surface area contributed by atoms with Crippen LogP contribution in [0, 0.1) is 17.4 Å². The Bertz CT molecular complexity index is 609. The van der Waals surface area contributed by atoms with Crippen LogP contribution >= 0.6 is 21.0 Å². The van der Waals surface area contributed by atoms with Gasteiger partial charge in [-0.2, -0.15) is 0 Å². The Morgan fingerprint density at radius 3 is 2.42 bits per heavy atom. The molecule has 0 bridgehead atoms. The zero-order valence-electron chi connectivity index (χ0n) is 10.8. The van der Waals surface area contributed by atoms with Gasteiger partial charge in [0.25, 0.3) is 0 Å². The number of nitrogens with two attached hydrogens (primary N) is 1. The van der Waals surface area contributed by atoms with E-state index in [1.165, 1.54) is 3.57 Å². The number of hydrogen-bond donors (Lipinski definition) is 3. The van der Waals surface area contributed by atoms with E-state index in [1.54, 1.807) is 6.07 Å². The molecule has 0 unspecified atom stereocenters. The van der Waals surface area contributed by atoms with Crippen LogP contribution in [0.2, 0.25) is 0 Å². The summed E-state index contributed by atoms with van der Waals surface area (Å²) in [7, 11) is 0. The Hall–Kier alpha value is -1.63. The number of nitrogens with zero attached hydrogens (tertiary/aromatic N) is 1. The van der Waals surface area contributed by atoms with Crippen LogP contribution in [0.1, 0.15) is 11.1 Å². The second-order valence-electron chi connectivity index (χ2n) is 4.22. The van der Waals surface area contributed by atoms with E-state index in [1.807, 2.05) is 44.2 Å². The number of benzene rings is 2. The van der Waals surface area contributed by atoms with Crippen LogP contribution in [0.15, 0.2) is 39.7 Å². The predicted molar refractivity (Wildman–Crippen MR) is 87.2 cm³/mol. The minimum Gasteiger partial charge on any atom is -0.508 e. The SMILES string of the molecule is Cc1c(O)ccc(I=NNc2ccc(N)cc2)c1C. The maximum atomic E-state index is 9.61. The van der Waals surface area contributed by atoms with E-state index in [2.05, 4.69) is 8.68 Å². The van der Waals surface area contributed by atoms with Crippen LogP contribution in [-0.2, 0) is 0 Å². The van der Waals surface area contributed by atoms with Crippen molar-refractivity contribution in [1.29, 1.82) is 0 Å². The Balaban J connectivity index is 2.11. The fraction of sp³-hybridized carbons (Fsp3) is 0.143. The zero-order chi connectivity index (χ0) is 13.8. The fourth-order valence-electron chi connectivity index (χ4n) is 1.54. The minimum atomic E-state index is -0.487. The average Bonchev–Trinajstić information content (AvgIpc) is 2.41. The van der Waals surface area contributed by atoms with Gasteiger partial charge in [0.1, 0.15) is 5.75 Å². The van der Waals surface area contributed by atoms with E-state index >= 15 is 0 Å². The first-order valence-electron chi connectivity index (χ1n) is 5.83. The quantitative estimate of drug-likeness (QED) is 0.436. The highest BCUT2D eigenvalue weighted by Crippen LogP contribution is 2.27. The standard InChI is InChI=1S/C14H16IN3O/c1-9-10(2)14(19)8-7-13(9)15-18-17-12-5-3-11(16)4-6-12/h3-8,17,19H,16H2,1-2H3. The van der Waals surface area contributed by atoms with Crippen LogP contribution in [-0.4, -0.2) is 5.11 Å². The molecule has 0 radical (unpaired) electrons. The molecule has 2 rings (SSSR count). The molecule has 0 aliphatic carbocycles. The number of nitrogen functional groups attached to an aromatic ring is 1. The van der Waals surface area contributed by atoms with Gasteiger partial charge in [-0.1, -0.05) is 0 Å². The second kappa shape index (κ2) is 6.01. The molecule has 0 saturated heterocycles. The molecule has 0 saturated carbocycles. The Labute approximate surface area is 122 Å². The topological polar surface area (TPSA) is 70.6 Å². The van der Waals surface area contributed by atoms with Crippen molar-refractivity contribution in [2.24, 2.45) is 3.25 Å². The van der Waals surface area contributed by atoms with E-state index in [-0.39, 0.29) is 0 Å². The number of rotatable bonds is 3. The molecule has 0 aromatic heterocycles. The van der Waals surface area contributed by atoms with Crippen molar-refractivity contribution < 1.29 is 5.11 Å². The van der Waals surface area contributed by atoms with Gasteiger partial charge in [0, 0.05) is 9.26 Å². The molecule has 5 heteroatoms. The monoisotopic (exact) mass is 369 g/mol. The number of aromatic hydroxyl groups is 1. The summed E-state index contributed by atoms with van der Waals surface area (Å²) in [5, 5.41) is 9.61. The van der Waals surface area contributed by atoms with E-state index in [0.717, 1.165) is 22.5 Å². The van der Waals surface area contributed by atoms with Crippen LogP contribution in [0.5, 0.6) is 5.75 Å². The molecule has 4 N–H and O–H groups in total. The van der Waals surface area contributed by atoms with Crippen molar-refractivity contribution in [2.45, 2.75) is 13.8 Å². The molecular formula is C14H16IN3O. The predicted octanol–water partition coefficient (Wildman–Crippen LogP) is 3.94. The van der Waals surface area contributed by atoms with Gasteiger partial charge in [-0.05, 0) is 61.4 Å². The number of anilines is 2. The van der Waals surface area contributed by atoms with Crippen molar-refractivity contribution >= 4 is 32.4 Å². The molecule has 4 nitrogen and oxygen atoms in total. The molecule has 19 heavy (non-hydrogen) atoms. The third kappa shape index (κ3) is 3.44. The van der Waals surface area contributed by atoms with Crippen molar-refractivity contribution in [3.05, 3.63) is 51.1 Å². The van der Waals surface area contributed by atoms with Crippen LogP contribution in [0.3, 0.4) is 0 Å². The average molecular weight is 369 g/mol. The fourth-order valence-corrected chi connectivity index (χ4v) is 3.30. The molecule has 2 aromatic carbocycles. The van der Waals surface area contributed by atoms with Crippen LogP contribution in [0.4, 0.5) is 11.4 Å². The van der Waals surface area contributed by atoms with Crippen molar-refractivity contribution in [3.8, 4) is 5.75 Å². The van der Waals surface area contributed by atoms with Gasteiger partial charge < -0.3 is 10.8 Å². The Kier molecular flexibility index (Phi) is 4.36. The van der Waals surface area contributed by atoms with Gasteiger partial charge in [0.15, 0.2) is 0 Å². The summed E-state index contributed by atoms with van der Waals surface area (Å²) in [6.07, 6.45) is 0. The smallest absolute Gasteiger partial charge is 0.118 e. The lowest BCUT2D eigenvalue weighted by molar-refractivity contribution is 0.470. The molecule has 0 aliphatic heterocycles. The number of nitrogens with one attached hydrogen (secondary N) is 1. The highest BCUT2D eigenvalue weighted by molar-refractivity contribution is 14.2. The van der Waals surface area contributed by atoms with Crippen molar-refractivity contribution in [1.82, 2.24) is 0 Å². The number of phenolic OH excluding ortho intramolecular Hbond substituents is 1. The molecule has 2 aromatic rings. The summed E-state index contributed by atoms with van der Waals surface area (Å²) in [5.74, 6) is 0.344. The number of phenols is 1. The first-order valence-corrected chi connectivity index (χ1v) is 7.87. The summed E-state index contributed by atoms with van der Waals surface area (Å²) < 4.78 is 5.62. The minimum absolute atomic E-state index is 0.344. The van der Waals surface area contributed by atoms with E-state index in [9.17, 15) is 5.11 Å². The Morgan fingerprint density at radius 2 is 1.74 bits per heavy atom. The van der Waals surface area contributed by atoms with Gasteiger partial charge in [-0.25, -0.2) is 0 Å². The first kappa shape index (κ1) is 13.8. The van der Waals surface area contributed by atoms with Crippen molar-refractivity contribution in [3.63, 3.8) is 0 Å². The van der Waals surface area contributed by atoms with Crippen molar-refractivity contribution in [2.75, 3.05) is 11.2 Å². The van der Waals surface area contributed by atoms with E-state index in [4.69, 9.17) is 5.73 Å². The highest BCUT2D eigenvalue weighted by Gasteiger charge is 2.03. The summed E-state index contributed by atoms with van der Waals surface area (Å²) in [6.45, 7) is 3.94. The van der Waals surface area contributed by atoms with Gasteiger partial charge in [-0.3, -0.25) is 5.43 Å². The summed E-state index contributed by atoms with van der Waals surface area (Å²) in [6, 6.07) is 11.2. The summed E-state index contributed by atoms with van der Waals surface area (Å²) in [5.41, 5.74) is 12.4. The third-order valence-corrected chi connectivity index (χ3v) is 5.08. The molecule has 0 spiro atoms. The lowest BCUT2D eigenvalue weighted by atomic mass is 10.1. The van der Waals surface area contributed by atoms with Gasteiger partial charge >= 0.3 is 0 Å². The maximum absolute atomic E-state index is 9.61. The van der Waals surface area contributed by atoms with E-state index in [0.29, 0.717) is 5.75 Å². The molecule has 0 amide bonds. The molecule has 0 fully saturated rings. The number of halogens is 1. The zero-order valence-corrected chi connectivity index (χ0v) is 13.0. The number of hydrogen-bond acceptors (Lipinski definition) is 4. The van der Waals surface area contributed by atoms with Gasteiger partial charge in [-0.15, -0.1) is 3.25 Å². The molecule has 100 valence electrons. The van der Waals surface area contributed by atoms with Crippen LogP contribution < -0.4 is 11.2 Å². The lowest BCUT2D eigenvalue weighted by Crippen LogP contribution is -1.89. The summed E-state index contributed by atoms with van der Waals surface area (Å²) >= 11 is -0.487. The molecular weight excluding hydrogens is 353 g/mol. The van der Waals surface area contributed by atoms with Crippen LogP contribution in [0.25, 0.3) is 0 Å². The highest BCUT2D eigenvalue weighted by atomic mass is 127. The summed E-state index contributed by atoms with van der Waals surface area (Å²) in [4.78, 5) is 0. The molecule has 0 aliphatic rings. The second-order valence-corrected chi connectivity index (χ2v) is 6.35. The van der Waals surface area contributed by atoms with Gasteiger partial charge in [0.2, 0.25) is 0 Å². The lowest BCUT2D eigenvalue weighted by Gasteiger charge is -2.05. The third-order valence-electron chi connectivity index (χ3n) is 2.91. The van der Waals surface area contributed by atoms with Gasteiger partial charge in [0.05, 0.1) is 26.7 Å². The maximum Gasteiger partial charge on any atom is 0.118 e.